The molecule has 5 heteroatoms. The Morgan fingerprint density at radius 3 is 2.91 bits per heavy atom. The number of carbonyl (C=O) groups is 1. The highest BCUT2D eigenvalue weighted by atomic mass is 32.1. The van der Waals surface area contributed by atoms with Crippen LogP contribution in [0, 0.1) is 6.92 Å². The number of aryl methyl sites for hydroxylation is 1. The van der Waals surface area contributed by atoms with E-state index in [1.807, 2.05) is 36.6 Å². The van der Waals surface area contributed by atoms with E-state index < -0.39 is 5.63 Å². The summed E-state index contributed by atoms with van der Waals surface area (Å²) in [6.45, 7) is 2.42. The molecular weight excluding hydrogens is 298 g/mol. The zero-order valence-corrected chi connectivity index (χ0v) is 12.9. The second-order valence-corrected chi connectivity index (χ2v) is 6.11. The van der Waals surface area contributed by atoms with E-state index >= 15 is 0 Å². The zero-order valence-electron chi connectivity index (χ0n) is 12.1. The van der Waals surface area contributed by atoms with Gasteiger partial charge in [0.1, 0.15) is 0 Å². The summed E-state index contributed by atoms with van der Waals surface area (Å²) in [7, 11) is 0. The quantitative estimate of drug-likeness (QED) is 0.805. The minimum absolute atomic E-state index is 0.0486. The fraction of sp³-hybridized carbons (Fsp3) is 0.176. The first-order chi connectivity index (χ1) is 10.6. The molecule has 0 aliphatic rings. The Hall–Kier alpha value is -2.40. The van der Waals surface area contributed by atoms with Crippen LogP contribution in [0.5, 0.6) is 0 Å². The Labute approximate surface area is 131 Å². The molecule has 0 bridgehead atoms. The van der Waals surface area contributed by atoms with E-state index in [-0.39, 0.29) is 11.7 Å². The predicted molar refractivity (Wildman–Crippen MR) is 87.6 cm³/mol. The number of nitrogens with one attached hydrogen (secondary N) is 1. The third-order valence-electron chi connectivity index (χ3n) is 3.38. The molecule has 0 aliphatic carbocycles. The van der Waals surface area contributed by atoms with Crippen LogP contribution in [0.4, 0.5) is 0 Å². The van der Waals surface area contributed by atoms with Gasteiger partial charge >= 0.3 is 5.63 Å². The topological polar surface area (TPSA) is 59.3 Å². The summed E-state index contributed by atoms with van der Waals surface area (Å²) in [5, 5.41) is 5.99. The maximum Gasteiger partial charge on any atom is 0.344 e. The molecule has 2 aromatic heterocycles. The van der Waals surface area contributed by atoms with Crippen molar-refractivity contribution in [2.75, 3.05) is 6.54 Å². The lowest BCUT2D eigenvalue weighted by molar-refractivity contribution is 0.0922. The summed E-state index contributed by atoms with van der Waals surface area (Å²) >= 11 is 1.65. The smallest absolute Gasteiger partial charge is 0.344 e. The van der Waals surface area contributed by atoms with E-state index in [1.165, 1.54) is 4.88 Å². The van der Waals surface area contributed by atoms with Crippen LogP contribution in [-0.2, 0) is 6.42 Å². The highest BCUT2D eigenvalue weighted by Gasteiger charge is 2.12. The maximum absolute atomic E-state index is 12.1. The van der Waals surface area contributed by atoms with Gasteiger partial charge in [-0.3, -0.25) is 4.79 Å². The molecule has 0 fully saturated rings. The van der Waals surface area contributed by atoms with Crippen molar-refractivity contribution >= 4 is 28.0 Å². The third kappa shape index (κ3) is 3.09. The fourth-order valence-corrected chi connectivity index (χ4v) is 2.96. The van der Waals surface area contributed by atoms with Gasteiger partial charge < -0.3 is 9.73 Å². The van der Waals surface area contributed by atoms with Crippen LogP contribution in [0.15, 0.2) is 51.0 Å². The molecule has 3 rings (SSSR count). The summed E-state index contributed by atoms with van der Waals surface area (Å²) in [5.74, 6) is -0.316. The molecule has 1 amide bonds. The van der Waals surface area contributed by atoms with Crippen molar-refractivity contribution in [1.82, 2.24) is 5.32 Å². The number of hydrogen-bond donors (Lipinski definition) is 1. The summed E-state index contributed by atoms with van der Waals surface area (Å²) in [6.07, 6.45) is 0.764. The Balaban J connectivity index is 1.76. The number of carbonyl (C=O) groups excluding carboxylic acids is 1. The van der Waals surface area contributed by atoms with Gasteiger partial charge in [-0.15, -0.1) is 11.3 Å². The van der Waals surface area contributed by atoms with Crippen LogP contribution in [0.1, 0.15) is 21.0 Å². The maximum atomic E-state index is 12.1. The van der Waals surface area contributed by atoms with Gasteiger partial charge in [0, 0.05) is 11.4 Å². The van der Waals surface area contributed by atoms with E-state index in [4.69, 9.17) is 4.42 Å². The van der Waals surface area contributed by atoms with E-state index in [0.717, 1.165) is 12.0 Å². The number of thiophene rings is 1. The number of amides is 1. The van der Waals surface area contributed by atoms with Crippen molar-refractivity contribution in [3.8, 4) is 0 Å². The Kier molecular flexibility index (Phi) is 4.06. The molecule has 3 aromatic rings. The summed E-state index contributed by atoms with van der Waals surface area (Å²) in [5.41, 5.74) is 0.498. The largest absolute Gasteiger partial charge is 0.417 e. The van der Waals surface area contributed by atoms with Crippen LogP contribution >= 0.6 is 11.3 Å². The molecule has 0 atom stereocenters. The van der Waals surface area contributed by atoms with Crippen LogP contribution in [-0.4, -0.2) is 12.5 Å². The van der Waals surface area contributed by atoms with Gasteiger partial charge in [0.2, 0.25) is 0 Å². The lowest BCUT2D eigenvalue weighted by Crippen LogP contribution is -2.26. The summed E-state index contributed by atoms with van der Waals surface area (Å²) < 4.78 is 5.13. The molecule has 0 radical (unpaired) electrons. The minimum atomic E-state index is -0.482. The molecule has 112 valence electrons. The lowest BCUT2D eigenvalue weighted by Gasteiger charge is -2.05. The highest BCUT2D eigenvalue weighted by Crippen LogP contribution is 2.14. The monoisotopic (exact) mass is 313 g/mol. The molecule has 1 N–H and O–H groups in total. The van der Waals surface area contributed by atoms with Gasteiger partial charge in [-0.1, -0.05) is 23.8 Å². The van der Waals surface area contributed by atoms with Gasteiger partial charge in [-0.05, 0) is 42.3 Å². The molecule has 22 heavy (non-hydrogen) atoms. The van der Waals surface area contributed by atoms with E-state index in [1.54, 1.807) is 23.5 Å². The molecule has 0 aliphatic heterocycles. The van der Waals surface area contributed by atoms with Crippen LogP contribution < -0.4 is 10.9 Å². The van der Waals surface area contributed by atoms with Crippen molar-refractivity contribution in [2.24, 2.45) is 0 Å². The Bertz CT molecular complexity index is 865. The average molecular weight is 313 g/mol. The normalized spacial score (nSPS) is 10.8. The molecular formula is C17H15NO3S. The Morgan fingerprint density at radius 1 is 1.27 bits per heavy atom. The second kappa shape index (κ2) is 6.15. The van der Waals surface area contributed by atoms with E-state index in [0.29, 0.717) is 17.3 Å². The molecule has 1 aromatic carbocycles. The number of hydrogen-bond acceptors (Lipinski definition) is 4. The first-order valence-electron chi connectivity index (χ1n) is 6.98. The van der Waals surface area contributed by atoms with Crippen LogP contribution in [0.2, 0.25) is 0 Å². The van der Waals surface area contributed by atoms with Crippen molar-refractivity contribution in [1.29, 1.82) is 0 Å². The minimum Gasteiger partial charge on any atom is -0.417 e. The number of benzene rings is 1. The van der Waals surface area contributed by atoms with Crippen molar-refractivity contribution in [2.45, 2.75) is 13.3 Å². The standard InChI is InChI=1S/C17H15NO3S/c1-11-4-5-12-10-15(21-17(20)14(12)9-11)16(19)18-7-6-13-3-2-8-22-13/h2-5,8-10H,6-7H2,1H3,(H,18,19). The molecule has 0 spiro atoms. The van der Waals surface area contributed by atoms with Gasteiger partial charge in [0.15, 0.2) is 5.76 Å². The van der Waals surface area contributed by atoms with Gasteiger partial charge in [-0.25, -0.2) is 4.79 Å². The first-order valence-corrected chi connectivity index (χ1v) is 7.86. The van der Waals surface area contributed by atoms with Crippen molar-refractivity contribution in [3.63, 3.8) is 0 Å². The van der Waals surface area contributed by atoms with Crippen molar-refractivity contribution in [3.05, 3.63) is 68.4 Å². The Morgan fingerprint density at radius 2 is 2.14 bits per heavy atom. The van der Waals surface area contributed by atoms with Gasteiger partial charge in [-0.2, -0.15) is 0 Å². The summed E-state index contributed by atoms with van der Waals surface area (Å²) in [4.78, 5) is 25.3. The molecule has 2 heterocycles. The van der Waals surface area contributed by atoms with Gasteiger partial charge in [0.25, 0.3) is 5.91 Å². The number of fused-ring (bicyclic) bond motifs is 1. The number of rotatable bonds is 4. The summed E-state index contributed by atoms with van der Waals surface area (Å²) in [6, 6.07) is 11.1. The SMILES string of the molecule is Cc1ccc2cc(C(=O)NCCc3cccs3)oc(=O)c2c1. The molecule has 0 unspecified atom stereocenters. The molecule has 4 nitrogen and oxygen atoms in total. The fourth-order valence-electron chi connectivity index (χ4n) is 2.25. The molecule has 0 saturated carbocycles. The zero-order chi connectivity index (χ0) is 15.5. The average Bonchev–Trinajstić information content (AvgIpc) is 3.01. The van der Waals surface area contributed by atoms with Crippen LogP contribution in [0.25, 0.3) is 10.8 Å². The molecule has 0 saturated heterocycles. The first kappa shape index (κ1) is 14.5. The van der Waals surface area contributed by atoms with E-state index in [9.17, 15) is 9.59 Å². The third-order valence-corrected chi connectivity index (χ3v) is 4.31. The lowest BCUT2D eigenvalue weighted by atomic mass is 10.1. The van der Waals surface area contributed by atoms with E-state index in [2.05, 4.69) is 5.32 Å². The highest BCUT2D eigenvalue weighted by molar-refractivity contribution is 7.09. The van der Waals surface area contributed by atoms with Crippen LogP contribution in [0.3, 0.4) is 0 Å². The van der Waals surface area contributed by atoms with Gasteiger partial charge in [0.05, 0.1) is 5.39 Å². The predicted octanol–water partition coefficient (Wildman–Crippen LogP) is 3.14. The van der Waals surface area contributed by atoms with Crippen molar-refractivity contribution < 1.29 is 9.21 Å². The second-order valence-electron chi connectivity index (χ2n) is 5.07.